The number of benzene rings is 1. The van der Waals surface area contributed by atoms with Crippen LogP contribution in [0.5, 0.6) is 0 Å². The van der Waals surface area contributed by atoms with Crippen molar-refractivity contribution < 1.29 is 5.11 Å². The average Bonchev–Trinajstić information content (AvgIpc) is 3.53. The van der Waals surface area contributed by atoms with Crippen LogP contribution in [0.1, 0.15) is 24.2 Å². The Balaban J connectivity index is 1.23. The fourth-order valence-corrected chi connectivity index (χ4v) is 5.15. The zero-order chi connectivity index (χ0) is 20.9. The van der Waals surface area contributed by atoms with E-state index >= 15 is 0 Å². The number of rotatable bonds is 5. The molecule has 31 heavy (non-hydrogen) atoms. The highest BCUT2D eigenvalue weighted by atomic mass is 16.3. The molecule has 0 radical (unpaired) electrons. The van der Waals surface area contributed by atoms with E-state index in [1.165, 1.54) is 48.3 Å². The molecule has 0 atom stereocenters. The zero-order valence-corrected chi connectivity index (χ0v) is 18.2. The fourth-order valence-electron chi connectivity index (χ4n) is 5.15. The number of nitrogens with one attached hydrogen (secondary N) is 1. The van der Waals surface area contributed by atoms with Gasteiger partial charge in [-0.1, -0.05) is 12.1 Å². The first kappa shape index (κ1) is 19.3. The number of aromatic amines is 1. The lowest BCUT2D eigenvalue weighted by Gasteiger charge is -2.36. The van der Waals surface area contributed by atoms with Crippen molar-refractivity contribution in [3.63, 3.8) is 0 Å². The molecule has 0 bridgehead atoms. The Labute approximate surface area is 183 Å². The third-order valence-corrected chi connectivity index (χ3v) is 7.02. The molecule has 162 valence electrons. The molecule has 6 heteroatoms. The van der Waals surface area contributed by atoms with Gasteiger partial charge in [0.1, 0.15) is 0 Å². The lowest BCUT2D eigenvalue weighted by molar-refractivity contribution is -0.00342. The second-order valence-electron chi connectivity index (χ2n) is 9.52. The number of fused-ring (bicyclic) bond motifs is 1. The fraction of sp³-hybridized carbons (Fsp3) is 0.480. The van der Waals surface area contributed by atoms with Gasteiger partial charge in [0.05, 0.1) is 11.8 Å². The van der Waals surface area contributed by atoms with Gasteiger partial charge in [-0.05, 0) is 44.0 Å². The summed E-state index contributed by atoms with van der Waals surface area (Å²) in [6.45, 7) is 9.04. The quantitative estimate of drug-likeness (QED) is 0.668. The Morgan fingerprint density at radius 2 is 1.77 bits per heavy atom. The Bertz CT molecular complexity index is 1070. The second kappa shape index (κ2) is 7.62. The zero-order valence-electron chi connectivity index (χ0n) is 18.2. The van der Waals surface area contributed by atoms with Gasteiger partial charge in [0.25, 0.3) is 0 Å². The van der Waals surface area contributed by atoms with E-state index < -0.39 is 0 Å². The molecule has 6 nitrogen and oxygen atoms in total. The molecule has 2 saturated heterocycles. The van der Waals surface area contributed by atoms with Gasteiger partial charge in [0.2, 0.25) is 0 Å². The largest absolute Gasteiger partial charge is 0.390 e. The van der Waals surface area contributed by atoms with Crippen LogP contribution in [0.15, 0.2) is 36.4 Å². The Kier molecular flexibility index (Phi) is 4.74. The SMILES string of the molecule is Cc1cc2[nH]c(CN3CC(O)C3)cc2c(-c2ccc(N3CCN(C4CC4)CC3)cc2)n1. The van der Waals surface area contributed by atoms with Crippen molar-refractivity contribution in [3.05, 3.63) is 47.8 Å². The predicted molar refractivity (Wildman–Crippen MR) is 124 cm³/mol. The third kappa shape index (κ3) is 3.84. The van der Waals surface area contributed by atoms with Gasteiger partial charge in [-0.25, -0.2) is 0 Å². The van der Waals surface area contributed by atoms with Crippen LogP contribution >= 0.6 is 0 Å². The van der Waals surface area contributed by atoms with Crippen molar-refractivity contribution in [2.24, 2.45) is 0 Å². The standard InChI is InChI=1S/C25H31N5O/c1-17-12-24-23(13-19(27-24)14-28-15-22(31)16-28)25(26-17)18-2-4-20(5-3-18)29-8-10-30(11-9-29)21-6-7-21/h2-5,12-13,21-22,27,31H,6-11,14-16H2,1H3. The Morgan fingerprint density at radius 1 is 1.03 bits per heavy atom. The number of nitrogens with zero attached hydrogens (tertiary/aromatic N) is 4. The summed E-state index contributed by atoms with van der Waals surface area (Å²) in [6.07, 6.45) is 2.63. The minimum atomic E-state index is -0.168. The van der Waals surface area contributed by atoms with E-state index in [-0.39, 0.29) is 6.10 Å². The number of aromatic nitrogens is 2. The molecule has 0 spiro atoms. The highest BCUT2D eigenvalue weighted by Gasteiger charge is 2.31. The molecule has 0 unspecified atom stereocenters. The lowest BCUT2D eigenvalue weighted by atomic mass is 10.1. The Hall–Kier alpha value is -2.41. The minimum Gasteiger partial charge on any atom is -0.390 e. The van der Waals surface area contributed by atoms with Crippen LogP contribution in [0.25, 0.3) is 22.2 Å². The van der Waals surface area contributed by atoms with Gasteiger partial charge in [0, 0.05) is 85.4 Å². The van der Waals surface area contributed by atoms with Crippen molar-refractivity contribution in [2.45, 2.75) is 38.5 Å². The predicted octanol–water partition coefficient (Wildman–Crippen LogP) is 3.00. The number of hydrogen-bond donors (Lipinski definition) is 2. The maximum atomic E-state index is 9.55. The van der Waals surface area contributed by atoms with Crippen LogP contribution in [-0.4, -0.2) is 76.3 Å². The van der Waals surface area contributed by atoms with Crippen molar-refractivity contribution in [2.75, 3.05) is 44.2 Å². The number of H-pyrrole nitrogens is 1. The van der Waals surface area contributed by atoms with Gasteiger partial charge in [-0.3, -0.25) is 14.8 Å². The Morgan fingerprint density at radius 3 is 2.45 bits per heavy atom. The molecule has 1 saturated carbocycles. The highest BCUT2D eigenvalue weighted by Crippen LogP contribution is 2.32. The number of anilines is 1. The molecule has 2 aromatic heterocycles. The van der Waals surface area contributed by atoms with Crippen molar-refractivity contribution >= 4 is 16.6 Å². The van der Waals surface area contributed by atoms with Crippen LogP contribution in [0, 0.1) is 6.92 Å². The van der Waals surface area contributed by atoms with Gasteiger partial charge >= 0.3 is 0 Å². The van der Waals surface area contributed by atoms with Gasteiger partial charge in [-0.15, -0.1) is 0 Å². The minimum absolute atomic E-state index is 0.168. The maximum absolute atomic E-state index is 9.55. The first-order valence-electron chi connectivity index (χ1n) is 11.6. The number of pyridine rings is 1. The van der Waals surface area contributed by atoms with Crippen LogP contribution in [0.4, 0.5) is 5.69 Å². The van der Waals surface area contributed by atoms with Crippen LogP contribution in [-0.2, 0) is 6.54 Å². The van der Waals surface area contributed by atoms with E-state index in [1.54, 1.807) is 0 Å². The summed E-state index contributed by atoms with van der Waals surface area (Å²) in [5.41, 5.74) is 6.87. The summed E-state index contributed by atoms with van der Waals surface area (Å²) in [6, 6.07) is 14.2. The molecular weight excluding hydrogens is 386 g/mol. The molecular formula is C25H31N5O. The van der Waals surface area contributed by atoms with Gasteiger partial charge in [-0.2, -0.15) is 0 Å². The number of piperazine rings is 1. The summed E-state index contributed by atoms with van der Waals surface area (Å²) in [7, 11) is 0. The van der Waals surface area contributed by atoms with Crippen molar-refractivity contribution in [3.8, 4) is 11.3 Å². The highest BCUT2D eigenvalue weighted by molar-refractivity contribution is 5.94. The average molecular weight is 418 g/mol. The molecule has 3 aromatic rings. The van der Waals surface area contributed by atoms with E-state index in [4.69, 9.17) is 4.98 Å². The number of aliphatic hydroxyl groups is 1. The number of aryl methyl sites for hydroxylation is 1. The molecule has 2 N–H and O–H groups in total. The van der Waals surface area contributed by atoms with E-state index in [2.05, 4.69) is 63.0 Å². The second-order valence-corrected chi connectivity index (χ2v) is 9.52. The van der Waals surface area contributed by atoms with E-state index in [0.29, 0.717) is 0 Å². The normalized spacial score (nSPS) is 21.0. The van der Waals surface area contributed by atoms with Crippen molar-refractivity contribution in [1.82, 2.24) is 19.8 Å². The lowest BCUT2D eigenvalue weighted by Crippen LogP contribution is -2.49. The number of hydrogen-bond acceptors (Lipinski definition) is 5. The van der Waals surface area contributed by atoms with Crippen LogP contribution < -0.4 is 4.90 Å². The van der Waals surface area contributed by atoms with Crippen LogP contribution in [0.2, 0.25) is 0 Å². The molecule has 1 aliphatic carbocycles. The summed E-state index contributed by atoms with van der Waals surface area (Å²) < 4.78 is 0. The van der Waals surface area contributed by atoms with Crippen molar-refractivity contribution in [1.29, 1.82) is 0 Å². The summed E-state index contributed by atoms with van der Waals surface area (Å²) in [4.78, 5) is 15.9. The molecule has 6 rings (SSSR count). The summed E-state index contributed by atoms with van der Waals surface area (Å²) in [5, 5.41) is 10.7. The molecule has 3 aliphatic rings. The molecule has 1 aromatic carbocycles. The van der Waals surface area contributed by atoms with E-state index in [1.807, 2.05) is 0 Å². The molecule has 2 aliphatic heterocycles. The summed E-state index contributed by atoms with van der Waals surface area (Å²) in [5.74, 6) is 0. The monoisotopic (exact) mass is 417 g/mol. The first-order chi connectivity index (χ1) is 15.1. The first-order valence-corrected chi connectivity index (χ1v) is 11.6. The van der Waals surface area contributed by atoms with E-state index in [0.717, 1.165) is 55.7 Å². The molecule has 4 heterocycles. The van der Waals surface area contributed by atoms with Gasteiger partial charge < -0.3 is 15.0 Å². The smallest absolute Gasteiger partial charge is 0.0799 e. The van der Waals surface area contributed by atoms with Gasteiger partial charge in [0.15, 0.2) is 0 Å². The number of β-amino-alcohol motifs (C(OH)–C–C–N with tert-alkyl or cyclic N) is 1. The van der Waals surface area contributed by atoms with Crippen LogP contribution in [0.3, 0.4) is 0 Å². The number of likely N-dealkylation sites (tertiary alicyclic amines) is 1. The maximum Gasteiger partial charge on any atom is 0.0799 e. The molecule has 0 amide bonds. The third-order valence-electron chi connectivity index (χ3n) is 7.02. The number of aliphatic hydroxyl groups excluding tert-OH is 1. The summed E-state index contributed by atoms with van der Waals surface area (Å²) >= 11 is 0. The van der Waals surface area contributed by atoms with E-state index in [9.17, 15) is 5.11 Å². The molecule has 3 fully saturated rings. The topological polar surface area (TPSA) is 58.6 Å².